The molecule has 6 nitrogen and oxygen atoms in total. The van der Waals surface area contributed by atoms with E-state index in [9.17, 15) is 13.2 Å². The van der Waals surface area contributed by atoms with E-state index < -0.39 is 16.1 Å². The molecule has 1 aromatic carbocycles. The monoisotopic (exact) mass is 298 g/mol. The topological polar surface area (TPSA) is 75.7 Å². The number of hydrogen-bond donors (Lipinski definition) is 1. The lowest BCUT2D eigenvalue weighted by atomic mass is 10.1. The minimum atomic E-state index is -3.43. The van der Waals surface area contributed by atoms with E-state index >= 15 is 0 Å². The van der Waals surface area contributed by atoms with E-state index in [4.69, 9.17) is 0 Å². The third-order valence-electron chi connectivity index (χ3n) is 3.34. The number of amides is 1. The van der Waals surface area contributed by atoms with Crippen LogP contribution in [-0.2, 0) is 14.8 Å². The first-order chi connectivity index (χ1) is 9.54. The Kier molecular flexibility index (Phi) is 4.61. The van der Waals surface area contributed by atoms with Crippen molar-refractivity contribution in [3.8, 4) is 0 Å². The molecule has 1 N–H and O–H groups in total. The second kappa shape index (κ2) is 6.23. The Balaban J connectivity index is 1.99. The fraction of sp³-hybridized carbons (Fsp3) is 0.462. The lowest BCUT2D eigenvalue weighted by Gasteiger charge is -2.31. The summed E-state index contributed by atoms with van der Waals surface area (Å²) in [5.41, 5.74) is 0. The van der Waals surface area contributed by atoms with Crippen molar-refractivity contribution in [3.63, 3.8) is 0 Å². The number of rotatable bonds is 3. The van der Waals surface area contributed by atoms with Gasteiger partial charge in [-0.25, -0.2) is 13.2 Å². The summed E-state index contributed by atoms with van der Waals surface area (Å²) in [5.74, 6) is 0. The average molecular weight is 298 g/mol. The number of piperidine rings is 1. The molecule has 1 aliphatic rings. The number of carbonyl (C=O) groups is 1. The fourth-order valence-corrected chi connectivity index (χ4v) is 3.70. The number of alkyl carbamates (subject to hydrolysis) is 1. The quantitative estimate of drug-likeness (QED) is 0.909. The molecule has 0 aromatic heterocycles. The molecule has 1 heterocycles. The standard InChI is InChI=1S/C13H18N2O4S/c1-19-13(16)14-11-7-9-15(10-8-11)20(17,18)12-5-3-2-4-6-12/h2-6,11H,7-10H2,1H3,(H,14,16). The van der Waals surface area contributed by atoms with Gasteiger partial charge in [-0.1, -0.05) is 18.2 Å². The molecule has 0 aliphatic carbocycles. The predicted molar refractivity (Wildman–Crippen MR) is 73.8 cm³/mol. The zero-order chi connectivity index (χ0) is 14.6. The van der Waals surface area contributed by atoms with E-state index in [-0.39, 0.29) is 6.04 Å². The van der Waals surface area contributed by atoms with Crippen molar-refractivity contribution in [2.45, 2.75) is 23.8 Å². The summed E-state index contributed by atoms with van der Waals surface area (Å²) in [6, 6.07) is 8.34. The maximum absolute atomic E-state index is 12.4. The number of nitrogens with one attached hydrogen (secondary N) is 1. The van der Waals surface area contributed by atoms with Crippen molar-refractivity contribution in [2.75, 3.05) is 20.2 Å². The molecular weight excluding hydrogens is 280 g/mol. The van der Waals surface area contributed by atoms with Gasteiger partial charge in [0.2, 0.25) is 10.0 Å². The number of ether oxygens (including phenoxy) is 1. The molecule has 110 valence electrons. The van der Waals surface area contributed by atoms with Gasteiger partial charge in [-0.05, 0) is 25.0 Å². The predicted octanol–water partition coefficient (Wildman–Crippen LogP) is 1.20. The molecule has 1 aliphatic heterocycles. The zero-order valence-corrected chi connectivity index (χ0v) is 12.1. The molecule has 0 spiro atoms. The first kappa shape index (κ1) is 14.8. The van der Waals surface area contributed by atoms with Gasteiger partial charge >= 0.3 is 6.09 Å². The molecule has 0 unspecified atom stereocenters. The highest BCUT2D eigenvalue weighted by Crippen LogP contribution is 2.20. The van der Waals surface area contributed by atoms with E-state index in [0.717, 1.165) is 0 Å². The Morgan fingerprint density at radius 3 is 2.40 bits per heavy atom. The largest absolute Gasteiger partial charge is 0.453 e. The molecule has 1 aromatic rings. The Hall–Kier alpha value is -1.60. The first-order valence-electron chi connectivity index (χ1n) is 6.43. The van der Waals surface area contributed by atoms with Gasteiger partial charge < -0.3 is 10.1 Å². The number of nitrogens with zero attached hydrogens (tertiary/aromatic N) is 1. The van der Waals surface area contributed by atoms with E-state index in [1.165, 1.54) is 11.4 Å². The van der Waals surface area contributed by atoms with Crippen LogP contribution in [0, 0.1) is 0 Å². The van der Waals surface area contributed by atoms with Crippen molar-refractivity contribution >= 4 is 16.1 Å². The van der Waals surface area contributed by atoms with Crippen molar-refractivity contribution < 1.29 is 17.9 Å². The summed E-state index contributed by atoms with van der Waals surface area (Å²) in [4.78, 5) is 11.4. The van der Waals surface area contributed by atoms with Crippen molar-refractivity contribution in [1.29, 1.82) is 0 Å². The first-order valence-corrected chi connectivity index (χ1v) is 7.87. The van der Waals surface area contributed by atoms with E-state index in [2.05, 4.69) is 10.1 Å². The Morgan fingerprint density at radius 1 is 1.25 bits per heavy atom. The molecule has 1 amide bonds. The van der Waals surface area contributed by atoms with Crippen LogP contribution >= 0.6 is 0 Å². The van der Waals surface area contributed by atoms with Crippen LogP contribution in [0.25, 0.3) is 0 Å². The second-order valence-corrected chi connectivity index (χ2v) is 6.57. The summed E-state index contributed by atoms with van der Waals surface area (Å²) in [5, 5.41) is 2.70. The van der Waals surface area contributed by atoms with Crippen LogP contribution in [0.15, 0.2) is 35.2 Å². The summed E-state index contributed by atoms with van der Waals surface area (Å²) >= 11 is 0. The van der Waals surface area contributed by atoms with Gasteiger partial charge in [-0.15, -0.1) is 0 Å². The van der Waals surface area contributed by atoms with Crippen molar-refractivity contribution in [3.05, 3.63) is 30.3 Å². The molecule has 1 saturated heterocycles. The summed E-state index contributed by atoms with van der Waals surface area (Å²) in [7, 11) is -2.12. The van der Waals surface area contributed by atoms with Crippen molar-refractivity contribution in [1.82, 2.24) is 9.62 Å². The molecule has 0 radical (unpaired) electrons. The molecule has 0 saturated carbocycles. The summed E-state index contributed by atoms with van der Waals surface area (Å²) < 4.78 is 30.8. The Labute approximate surface area is 118 Å². The van der Waals surface area contributed by atoms with Crippen LogP contribution in [-0.4, -0.2) is 45.1 Å². The zero-order valence-electron chi connectivity index (χ0n) is 11.3. The summed E-state index contributed by atoms with van der Waals surface area (Å²) in [6.45, 7) is 0.789. The Morgan fingerprint density at radius 2 is 1.85 bits per heavy atom. The van der Waals surface area contributed by atoms with E-state index in [1.807, 2.05) is 0 Å². The lowest BCUT2D eigenvalue weighted by Crippen LogP contribution is -2.46. The van der Waals surface area contributed by atoms with Gasteiger partial charge in [0.1, 0.15) is 0 Å². The van der Waals surface area contributed by atoms with Crippen LogP contribution in [0.5, 0.6) is 0 Å². The van der Waals surface area contributed by atoms with Gasteiger partial charge in [0.15, 0.2) is 0 Å². The SMILES string of the molecule is COC(=O)NC1CCN(S(=O)(=O)c2ccccc2)CC1. The lowest BCUT2D eigenvalue weighted by molar-refractivity contribution is 0.161. The van der Waals surface area contributed by atoms with Crippen LogP contribution in [0.4, 0.5) is 4.79 Å². The molecule has 1 fully saturated rings. The van der Waals surface area contributed by atoms with Gasteiger partial charge in [0.25, 0.3) is 0 Å². The average Bonchev–Trinajstić information content (AvgIpc) is 2.48. The number of sulfonamides is 1. The third-order valence-corrected chi connectivity index (χ3v) is 5.26. The van der Waals surface area contributed by atoms with Crippen LogP contribution in [0.2, 0.25) is 0 Å². The maximum atomic E-state index is 12.4. The highest BCUT2D eigenvalue weighted by atomic mass is 32.2. The van der Waals surface area contributed by atoms with Gasteiger partial charge in [0.05, 0.1) is 12.0 Å². The number of carbonyl (C=O) groups excluding carboxylic acids is 1. The third kappa shape index (κ3) is 3.29. The minimum absolute atomic E-state index is 0.0373. The number of methoxy groups -OCH3 is 1. The molecule has 7 heteroatoms. The molecule has 20 heavy (non-hydrogen) atoms. The van der Waals surface area contributed by atoms with E-state index in [1.54, 1.807) is 30.3 Å². The number of benzene rings is 1. The smallest absolute Gasteiger partial charge is 0.407 e. The molecule has 0 atom stereocenters. The normalized spacial score (nSPS) is 17.6. The number of hydrogen-bond acceptors (Lipinski definition) is 4. The fourth-order valence-electron chi connectivity index (χ4n) is 2.21. The molecule has 0 bridgehead atoms. The Bertz CT molecular complexity index is 551. The second-order valence-electron chi connectivity index (χ2n) is 4.63. The molecule has 2 rings (SSSR count). The van der Waals surface area contributed by atoms with Crippen molar-refractivity contribution in [2.24, 2.45) is 0 Å². The van der Waals surface area contributed by atoms with Crippen LogP contribution in [0.3, 0.4) is 0 Å². The minimum Gasteiger partial charge on any atom is -0.453 e. The molecular formula is C13H18N2O4S. The van der Waals surface area contributed by atoms with Gasteiger partial charge in [-0.2, -0.15) is 4.31 Å². The van der Waals surface area contributed by atoms with Crippen LogP contribution in [0.1, 0.15) is 12.8 Å². The van der Waals surface area contributed by atoms with Crippen LogP contribution < -0.4 is 5.32 Å². The van der Waals surface area contributed by atoms with Gasteiger partial charge in [-0.3, -0.25) is 0 Å². The highest BCUT2D eigenvalue weighted by Gasteiger charge is 2.29. The maximum Gasteiger partial charge on any atom is 0.407 e. The highest BCUT2D eigenvalue weighted by molar-refractivity contribution is 7.89. The van der Waals surface area contributed by atoms with Gasteiger partial charge in [0, 0.05) is 19.1 Å². The summed E-state index contributed by atoms with van der Waals surface area (Å²) in [6.07, 6.45) is 0.692. The van der Waals surface area contributed by atoms with E-state index in [0.29, 0.717) is 30.8 Å².